The third kappa shape index (κ3) is 3.12. The van der Waals surface area contributed by atoms with Crippen molar-refractivity contribution in [3.63, 3.8) is 0 Å². The number of rotatable bonds is 2. The maximum Gasteiger partial charge on any atom is 0.196 e. The standard InChI is InChI=1S/C4H12N6S/c5-1-2-10(8)4(9-7)3(6)11/h1-2,5,7-8H2,(H2,6,11). The molecule has 8 N–H and O–H groups in total. The molecule has 0 radical (unpaired) electrons. The maximum atomic E-state index is 5.41. The van der Waals surface area contributed by atoms with Gasteiger partial charge >= 0.3 is 0 Å². The van der Waals surface area contributed by atoms with Crippen molar-refractivity contribution in [3.8, 4) is 0 Å². The normalized spacial score (nSPS) is 11.3. The van der Waals surface area contributed by atoms with Crippen molar-refractivity contribution in [2.45, 2.75) is 0 Å². The Hall–Kier alpha value is -0.920. The van der Waals surface area contributed by atoms with E-state index in [1.807, 2.05) is 0 Å². The number of hydrogen-bond acceptors (Lipinski definition) is 5. The SMILES string of the molecule is NCCN(N)C(=NN)C(N)=S. The summed E-state index contributed by atoms with van der Waals surface area (Å²) >= 11 is 4.61. The lowest BCUT2D eigenvalue weighted by molar-refractivity contribution is 0.454. The van der Waals surface area contributed by atoms with Crippen LogP contribution in [0.2, 0.25) is 0 Å². The Balaban J connectivity index is 4.16. The van der Waals surface area contributed by atoms with Crippen molar-refractivity contribution in [2.24, 2.45) is 28.3 Å². The van der Waals surface area contributed by atoms with Crippen LogP contribution in [0, 0.1) is 0 Å². The van der Waals surface area contributed by atoms with Crippen LogP contribution in [-0.2, 0) is 0 Å². The largest absolute Gasteiger partial charge is 0.387 e. The van der Waals surface area contributed by atoms with E-state index in [2.05, 4.69) is 17.3 Å². The van der Waals surface area contributed by atoms with Gasteiger partial charge < -0.3 is 17.3 Å². The van der Waals surface area contributed by atoms with Gasteiger partial charge in [-0.3, -0.25) is 5.01 Å². The number of hydrogen-bond donors (Lipinski definition) is 4. The summed E-state index contributed by atoms with van der Waals surface area (Å²) < 4.78 is 0. The van der Waals surface area contributed by atoms with Crippen LogP contribution in [0.3, 0.4) is 0 Å². The van der Waals surface area contributed by atoms with Gasteiger partial charge in [0.2, 0.25) is 0 Å². The smallest absolute Gasteiger partial charge is 0.196 e. The summed E-state index contributed by atoms with van der Waals surface area (Å²) in [4.78, 5) is 0.0588. The summed E-state index contributed by atoms with van der Waals surface area (Å²) in [6.07, 6.45) is 0. The molecule has 0 unspecified atom stereocenters. The Morgan fingerprint density at radius 2 is 2.09 bits per heavy atom. The molecule has 0 aliphatic rings. The molecule has 0 fully saturated rings. The molecule has 0 rings (SSSR count). The predicted molar refractivity (Wildman–Crippen MR) is 48.4 cm³/mol. The molecule has 0 bridgehead atoms. The minimum Gasteiger partial charge on any atom is -0.387 e. The lowest BCUT2D eigenvalue weighted by Crippen LogP contribution is -2.47. The van der Waals surface area contributed by atoms with E-state index < -0.39 is 0 Å². The highest BCUT2D eigenvalue weighted by atomic mass is 32.1. The molecule has 0 saturated carbocycles. The zero-order valence-corrected chi connectivity index (χ0v) is 6.84. The molecular formula is C4H12N6S. The Kier molecular flexibility index (Phi) is 4.42. The quantitative estimate of drug-likeness (QED) is 0.123. The first-order chi connectivity index (χ1) is 5.13. The molecule has 64 valence electrons. The van der Waals surface area contributed by atoms with Gasteiger partial charge in [0, 0.05) is 13.1 Å². The Morgan fingerprint density at radius 3 is 2.36 bits per heavy atom. The average Bonchev–Trinajstić information content (AvgIpc) is 1.88. The van der Waals surface area contributed by atoms with Gasteiger partial charge in [0.1, 0.15) is 4.99 Å². The molecule has 0 spiro atoms. The molecule has 0 atom stereocenters. The van der Waals surface area contributed by atoms with E-state index in [0.717, 1.165) is 0 Å². The van der Waals surface area contributed by atoms with E-state index >= 15 is 0 Å². The highest BCUT2D eigenvalue weighted by Crippen LogP contribution is 1.82. The summed E-state index contributed by atoms with van der Waals surface area (Å²) in [6.45, 7) is 0.797. The lowest BCUT2D eigenvalue weighted by atomic mass is 10.5. The van der Waals surface area contributed by atoms with Crippen LogP contribution < -0.4 is 23.2 Å². The second kappa shape index (κ2) is 4.83. The molecular weight excluding hydrogens is 164 g/mol. The second-order valence-electron chi connectivity index (χ2n) is 1.80. The van der Waals surface area contributed by atoms with Crippen LogP contribution in [0.15, 0.2) is 5.10 Å². The van der Waals surface area contributed by atoms with Crippen LogP contribution >= 0.6 is 12.2 Å². The molecule has 6 nitrogen and oxygen atoms in total. The monoisotopic (exact) mass is 176 g/mol. The summed E-state index contributed by atoms with van der Waals surface area (Å²) in [5.74, 6) is 10.6. The van der Waals surface area contributed by atoms with E-state index in [4.69, 9.17) is 23.2 Å². The van der Waals surface area contributed by atoms with E-state index in [1.165, 1.54) is 5.01 Å². The van der Waals surface area contributed by atoms with Crippen LogP contribution in [0.25, 0.3) is 0 Å². The highest BCUT2D eigenvalue weighted by Gasteiger charge is 2.07. The van der Waals surface area contributed by atoms with Crippen molar-refractivity contribution < 1.29 is 0 Å². The van der Waals surface area contributed by atoms with Gasteiger partial charge in [-0.1, -0.05) is 12.2 Å². The maximum absolute atomic E-state index is 5.41. The zero-order valence-electron chi connectivity index (χ0n) is 6.03. The Labute approximate surface area is 70.1 Å². The van der Waals surface area contributed by atoms with Gasteiger partial charge in [-0.2, -0.15) is 5.10 Å². The fourth-order valence-corrected chi connectivity index (χ4v) is 0.694. The van der Waals surface area contributed by atoms with Crippen molar-refractivity contribution in [1.82, 2.24) is 5.01 Å². The number of amidine groups is 1. The highest BCUT2D eigenvalue weighted by molar-refractivity contribution is 7.82. The van der Waals surface area contributed by atoms with Gasteiger partial charge in [-0.25, -0.2) is 5.84 Å². The predicted octanol–water partition coefficient (Wildman–Crippen LogP) is -2.32. The fourth-order valence-electron chi connectivity index (χ4n) is 0.524. The number of hydrazine groups is 1. The minimum absolute atomic E-state index is 0.0588. The summed E-state index contributed by atoms with van der Waals surface area (Å²) in [5.41, 5.74) is 10.5. The molecule has 0 amide bonds. The average molecular weight is 176 g/mol. The fraction of sp³-hybridized carbons (Fsp3) is 0.500. The number of nitrogens with zero attached hydrogens (tertiary/aromatic N) is 2. The first kappa shape index (κ1) is 10.1. The molecule has 0 saturated heterocycles. The van der Waals surface area contributed by atoms with Crippen molar-refractivity contribution in [1.29, 1.82) is 0 Å². The lowest BCUT2D eigenvalue weighted by Gasteiger charge is -2.17. The first-order valence-electron chi connectivity index (χ1n) is 2.93. The topological polar surface area (TPSA) is 120 Å². The van der Waals surface area contributed by atoms with E-state index in [9.17, 15) is 0 Å². The Morgan fingerprint density at radius 1 is 1.55 bits per heavy atom. The van der Waals surface area contributed by atoms with Gasteiger partial charge in [0.05, 0.1) is 0 Å². The van der Waals surface area contributed by atoms with Crippen LogP contribution in [-0.4, -0.2) is 28.9 Å². The number of nitrogens with two attached hydrogens (primary N) is 4. The molecule has 0 aromatic rings. The zero-order chi connectivity index (χ0) is 8.85. The summed E-state index contributed by atoms with van der Waals surface area (Å²) in [5, 5.41) is 4.51. The minimum atomic E-state index is 0.0588. The molecule has 11 heavy (non-hydrogen) atoms. The third-order valence-corrected chi connectivity index (χ3v) is 1.17. The number of thiocarbonyl (C=S) groups is 1. The van der Waals surface area contributed by atoms with E-state index in [-0.39, 0.29) is 10.8 Å². The number of hydrazone groups is 1. The molecule has 0 aromatic heterocycles. The third-order valence-electron chi connectivity index (χ3n) is 0.985. The molecule has 0 aliphatic heterocycles. The first-order valence-corrected chi connectivity index (χ1v) is 3.34. The van der Waals surface area contributed by atoms with Crippen LogP contribution in [0.1, 0.15) is 0 Å². The molecule has 0 aromatic carbocycles. The van der Waals surface area contributed by atoms with Crippen LogP contribution in [0.5, 0.6) is 0 Å². The van der Waals surface area contributed by atoms with Gasteiger partial charge in [-0.05, 0) is 0 Å². The van der Waals surface area contributed by atoms with Crippen molar-refractivity contribution in [2.75, 3.05) is 13.1 Å². The van der Waals surface area contributed by atoms with Crippen molar-refractivity contribution >= 4 is 23.0 Å². The summed E-state index contributed by atoms with van der Waals surface area (Å²) in [7, 11) is 0. The van der Waals surface area contributed by atoms with Crippen LogP contribution in [0.4, 0.5) is 0 Å². The molecule has 7 heteroatoms. The van der Waals surface area contributed by atoms with Gasteiger partial charge in [-0.15, -0.1) is 0 Å². The van der Waals surface area contributed by atoms with E-state index in [1.54, 1.807) is 0 Å². The second-order valence-corrected chi connectivity index (χ2v) is 2.24. The van der Waals surface area contributed by atoms with Crippen molar-refractivity contribution in [3.05, 3.63) is 0 Å². The Bertz CT molecular complexity index is 166. The van der Waals surface area contributed by atoms with E-state index in [0.29, 0.717) is 13.1 Å². The molecule has 0 heterocycles. The summed E-state index contributed by atoms with van der Waals surface area (Å²) in [6, 6.07) is 0. The van der Waals surface area contributed by atoms with Gasteiger partial charge in [0.25, 0.3) is 0 Å². The van der Waals surface area contributed by atoms with Gasteiger partial charge in [0.15, 0.2) is 5.84 Å². The molecule has 0 aliphatic carbocycles.